The maximum Gasteiger partial charge on any atom is 0.460 e. The Bertz CT molecular complexity index is 244. The Morgan fingerprint density at radius 3 is 2.80 bits per heavy atom. The summed E-state index contributed by atoms with van der Waals surface area (Å²) in [5, 5.41) is 0. The summed E-state index contributed by atoms with van der Waals surface area (Å²) in [4.78, 5) is 0. The van der Waals surface area contributed by atoms with Gasteiger partial charge >= 0.3 is 7.12 Å². The van der Waals surface area contributed by atoms with Gasteiger partial charge in [-0.2, -0.15) is 0 Å². The topological polar surface area (TPSA) is 18.5 Å². The Hall–Kier alpha value is -0.535. The molecule has 1 aliphatic heterocycles. The molecule has 2 atom stereocenters. The lowest BCUT2D eigenvalue weighted by Gasteiger charge is -2.19. The maximum atomic E-state index is 5.59. The van der Waals surface area contributed by atoms with Gasteiger partial charge in [-0.3, -0.25) is 0 Å². The van der Waals surface area contributed by atoms with E-state index in [1.165, 1.54) is 6.42 Å². The zero-order chi connectivity index (χ0) is 10.5. The first-order valence-electron chi connectivity index (χ1n) is 5.98. The van der Waals surface area contributed by atoms with Crippen molar-refractivity contribution in [2.45, 2.75) is 32.0 Å². The molecule has 0 aromatic rings. The van der Waals surface area contributed by atoms with Crippen molar-refractivity contribution in [3.63, 3.8) is 0 Å². The van der Waals surface area contributed by atoms with E-state index in [0.29, 0.717) is 11.7 Å². The second-order valence-corrected chi connectivity index (χ2v) is 4.25. The van der Waals surface area contributed by atoms with Crippen molar-refractivity contribution in [1.82, 2.24) is 0 Å². The van der Waals surface area contributed by atoms with Gasteiger partial charge in [-0.1, -0.05) is 31.2 Å². The Morgan fingerprint density at radius 2 is 2.07 bits per heavy atom. The van der Waals surface area contributed by atoms with Gasteiger partial charge in [0.25, 0.3) is 0 Å². The van der Waals surface area contributed by atoms with Gasteiger partial charge in [-0.15, -0.1) is 0 Å². The second-order valence-electron chi connectivity index (χ2n) is 4.25. The molecule has 15 heavy (non-hydrogen) atoms. The largest absolute Gasteiger partial charge is 0.460 e. The summed E-state index contributed by atoms with van der Waals surface area (Å²) in [5.41, 5.74) is 0. The zero-order valence-electron chi connectivity index (χ0n) is 9.39. The molecule has 1 saturated heterocycles. The van der Waals surface area contributed by atoms with Crippen molar-refractivity contribution in [2.24, 2.45) is 5.92 Å². The molecule has 0 unspecified atom stereocenters. The second kappa shape index (κ2) is 5.52. The average molecular weight is 206 g/mol. The highest BCUT2D eigenvalue weighted by Crippen LogP contribution is 2.49. The minimum absolute atomic E-state index is 0.0727. The van der Waals surface area contributed by atoms with Gasteiger partial charge in [0, 0.05) is 19.0 Å². The number of rotatable bonds is 4. The molecule has 3 heteroatoms. The summed E-state index contributed by atoms with van der Waals surface area (Å²) in [6, 6.07) is 0. The maximum absolute atomic E-state index is 5.59. The van der Waals surface area contributed by atoms with E-state index >= 15 is 0 Å². The molecular formula is C12H19BO2. The molecule has 0 bridgehead atoms. The van der Waals surface area contributed by atoms with Crippen molar-refractivity contribution in [3.05, 3.63) is 24.3 Å². The van der Waals surface area contributed by atoms with Crippen LogP contribution in [-0.4, -0.2) is 20.3 Å². The fourth-order valence-corrected chi connectivity index (χ4v) is 1.94. The third kappa shape index (κ3) is 3.21. The molecule has 1 heterocycles. The lowest BCUT2D eigenvalue weighted by atomic mass is 9.79. The first-order chi connectivity index (χ1) is 7.42. The Labute approximate surface area is 92.5 Å². The number of hydrogen-bond donors (Lipinski definition) is 0. The van der Waals surface area contributed by atoms with Crippen LogP contribution in [0, 0.1) is 5.92 Å². The SMILES string of the molecule is CC/C=C\C=C\[C@H]1C[C@@H]1B1OCCCO1. The molecule has 2 rings (SSSR count). The Kier molecular flexibility index (Phi) is 4.04. The van der Waals surface area contributed by atoms with E-state index in [0.717, 1.165) is 26.1 Å². The van der Waals surface area contributed by atoms with Crippen LogP contribution < -0.4 is 0 Å². The van der Waals surface area contributed by atoms with E-state index in [2.05, 4.69) is 31.2 Å². The molecule has 1 saturated carbocycles. The van der Waals surface area contributed by atoms with Crippen LogP contribution in [0.15, 0.2) is 24.3 Å². The van der Waals surface area contributed by atoms with Crippen LogP contribution in [0.25, 0.3) is 0 Å². The molecule has 1 aliphatic carbocycles. The van der Waals surface area contributed by atoms with Crippen LogP contribution in [-0.2, 0) is 9.31 Å². The monoisotopic (exact) mass is 206 g/mol. The van der Waals surface area contributed by atoms with E-state index in [4.69, 9.17) is 9.31 Å². The third-order valence-electron chi connectivity index (χ3n) is 2.93. The third-order valence-corrected chi connectivity index (χ3v) is 2.93. The highest BCUT2D eigenvalue weighted by atomic mass is 16.6. The van der Waals surface area contributed by atoms with Crippen LogP contribution in [0.4, 0.5) is 0 Å². The molecule has 0 aromatic carbocycles. The van der Waals surface area contributed by atoms with Crippen LogP contribution in [0.1, 0.15) is 26.2 Å². The van der Waals surface area contributed by atoms with Gasteiger partial charge in [0.1, 0.15) is 0 Å². The van der Waals surface area contributed by atoms with Crippen molar-refractivity contribution in [2.75, 3.05) is 13.2 Å². The molecule has 0 aromatic heterocycles. The van der Waals surface area contributed by atoms with Crippen molar-refractivity contribution >= 4 is 7.12 Å². The quantitative estimate of drug-likeness (QED) is 0.520. The first kappa shape index (κ1) is 11.0. The smallest absolute Gasteiger partial charge is 0.411 e. The van der Waals surface area contributed by atoms with E-state index in [9.17, 15) is 0 Å². The van der Waals surface area contributed by atoms with E-state index < -0.39 is 0 Å². The van der Waals surface area contributed by atoms with Crippen LogP contribution in [0.2, 0.25) is 5.82 Å². The fourth-order valence-electron chi connectivity index (χ4n) is 1.94. The van der Waals surface area contributed by atoms with Gasteiger partial charge < -0.3 is 9.31 Å². The van der Waals surface area contributed by atoms with Gasteiger partial charge in [0.15, 0.2) is 0 Å². The summed E-state index contributed by atoms with van der Waals surface area (Å²) in [5.74, 6) is 1.28. The highest BCUT2D eigenvalue weighted by Gasteiger charge is 2.47. The van der Waals surface area contributed by atoms with Crippen molar-refractivity contribution in [3.8, 4) is 0 Å². The summed E-state index contributed by atoms with van der Waals surface area (Å²) in [6.07, 6.45) is 12.1. The summed E-state index contributed by atoms with van der Waals surface area (Å²) >= 11 is 0. The van der Waals surface area contributed by atoms with Gasteiger partial charge in [-0.05, 0) is 25.2 Å². The van der Waals surface area contributed by atoms with Crippen LogP contribution >= 0.6 is 0 Å². The van der Waals surface area contributed by atoms with E-state index in [1.807, 2.05) is 0 Å². The van der Waals surface area contributed by atoms with Crippen molar-refractivity contribution in [1.29, 1.82) is 0 Å². The average Bonchev–Trinajstić information content (AvgIpc) is 3.05. The van der Waals surface area contributed by atoms with E-state index in [-0.39, 0.29) is 7.12 Å². The lowest BCUT2D eigenvalue weighted by Crippen LogP contribution is -2.30. The van der Waals surface area contributed by atoms with Crippen LogP contribution in [0.3, 0.4) is 0 Å². The summed E-state index contributed by atoms with van der Waals surface area (Å²) < 4.78 is 11.2. The van der Waals surface area contributed by atoms with Crippen molar-refractivity contribution < 1.29 is 9.31 Å². The molecule has 0 spiro atoms. The lowest BCUT2D eigenvalue weighted by molar-refractivity contribution is 0.132. The molecule has 2 fully saturated rings. The standard InChI is InChI=1S/C12H19BO2/c1-2-3-4-5-7-11-10-12(11)13-14-8-6-9-15-13/h3-5,7,11-12H,2,6,8-10H2,1H3/b4-3-,7-5+/t11-,12-/m0/s1. The predicted molar refractivity (Wildman–Crippen MR) is 62.7 cm³/mol. The Morgan fingerprint density at radius 1 is 1.27 bits per heavy atom. The Balaban J connectivity index is 1.70. The zero-order valence-corrected chi connectivity index (χ0v) is 9.39. The van der Waals surface area contributed by atoms with Gasteiger partial charge in [0.05, 0.1) is 0 Å². The van der Waals surface area contributed by atoms with E-state index in [1.54, 1.807) is 0 Å². The fraction of sp³-hybridized carbons (Fsp3) is 0.667. The molecule has 0 radical (unpaired) electrons. The van der Waals surface area contributed by atoms with Gasteiger partial charge in [-0.25, -0.2) is 0 Å². The molecule has 0 N–H and O–H groups in total. The molecule has 0 amide bonds. The predicted octanol–water partition coefficient (Wildman–Crippen LogP) is 2.82. The van der Waals surface area contributed by atoms with Crippen LogP contribution in [0.5, 0.6) is 0 Å². The highest BCUT2D eigenvalue weighted by molar-refractivity contribution is 6.47. The number of allylic oxidation sites excluding steroid dienone is 4. The minimum atomic E-state index is 0.0727. The molecular weight excluding hydrogens is 187 g/mol. The first-order valence-corrected chi connectivity index (χ1v) is 5.98. The molecule has 2 aliphatic rings. The summed E-state index contributed by atoms with van der Waals surface area (Å²) in [7, 11) is 0.0727. The molecule has 2 nitrogen and oxygen atoms in total. The van der Waals surface area contributed by atoms with Gasteiger partial charge in [0.2, 0.25) is 0 Å². The molecule has 82 valence electrons. The summed E-state index contributed by atoms with van der Waals surface area (Å²) in [6.45, 7) is 3.88. The minimum Gasteiger partial charge on any atom is -0.411 e. The normalized spacial score (nSPS) is 31.7. The number of hydrogen-bond acceptors (Lipinski definition) is 2.